The van der Waals surface area contributed by atoms with Crippen LogP contribution in [-0.4, -0.2) is 23.9 Å². The van der Waals surface area contributed by atoms with Crippen molar-refractivity contribution in [3.05, 3.63) is 64.1 Å². The van der Waals surface area contributed by atoms with E-state index in [4.69, 9.17) is 23.2 Å². The van der Waals surface area contributed by atoms with Gasteiger partial charge >= 0.3 is 0 Å². The van der Waals surface area contributed by atoms with E-state index >= 15 is 0 Å². The maximum absolute atomic E-state index is 12.4. The number of piperidine rings is 1. The van der Waals surface area contributed by atoms with Crippen LogP contribution in [0.1, 0.15) is 18.4 Å². The van der Waals surface area contributed by atoms with Crippen LogP contribution in [0.5, 0.6) is 0 Å². The molecule has 3 nitrogen and oxygen atoms in total. The first-order chi connectivity index (χ1) is 11.6. The van der Waals surface area contributed by atoms with Gasteiger partial charge < -0.3 is 5.32 Å². The highest BCUT2D eigenvalue weighted by atomic mass is 35.5. The number of rotatable bonds is 4. The van der Waals surface area contributed by atoms with Gasteiger partial charge in [0.1, 0.15) is 0 Å². The molecule has 1 heterocycles. The molecule has 1 N–H and O–H groups in total. The van der Waals surface area contributed by atoms with E-state index in [9.17, 15) is 4.79 Å². The maximum atomic E-state index is 12.4. The molecule has 1 aliphatic rings. The molecule has 0 aliphatic carbocycles. The molecule has 0 radical (unpaired) electrons. The molecular weight excluding hydrogens is 343 g/mol. The second-order valence-corrected chi connectivity index (χ2v) is 7.05. The van der Waals surface area contributed by atoms with E-state index in [2.05, 4.69) is 22.3 Å². The van der Waals surface area contributed by atoms with Gasteiger partial charge in [-0.05, 0) is 67.9 Å². The van der Waals surface area contributed by atoms with E-state index in [1.165, 1.54) is 5.56 Å². The molecule has 2 aromatic rings. The largest absolute Gasteiger partial charge is 0.326 e. The lowest BCUT2D eigenvalue weighted by Crippen LogP contribution is -2.37. The average Bonchev–Trinajstić information content (AvgIpc) is 2.59. The van der Waals surface area contributed by atoms with Crippen molar-refractivity contribution in [2.24, 2.45) is 5.92 Å². The zero-order valence-electron chi connectivity index (χ0n) is 13.3. The molecule has 3 rings (SSSR count). The summed E-state index contributed by atoms with van der Waals surface area (Å²) in [6, 6.07) is 15.2. The van der Waals surface area contributed by atoms with Gasteiger partial charge in [-0.25, -0.2) is 0 Å². The van der Waals surface area contributed by atoms with Gasteiger partial charge in [-0.1, -0.05) is 35.3 Å². The lowest BCUT2D eigenvalue weighted by molar-refractivity contribution is -0.121. The Labute approximate surface area is 152 Å². The van der Waals surface area contributed by atoms with Crippen LogP contribution in [0.2, 0.25) is 10.0 Å². The summed E-state index contributed by atoms with van der Waals surface area (Å²) in [6.45, 7) is 2.77. The Kier molecular flexibility index (Phi) is 5.77. The number of anilines is 1. The second-order valence-electron chi connectivity index (χ2n) is 6.17. The molecule has 0 spiro atoms. The van der Waals surface area contributed by atoms with Crippen molar-refractivity contribution in [3.63, 3.8) is 0 Å². The molecule has 1 aliphatic heterocycles. The molecule has 126 valence electrons. The van der Waals surface area contributed by atoms with E-state index in [1.54, 1.807) is 12.1 Å². The lowest BCUT2D eigenvalue weighted by atomic mass is 9.95. The molecule has 0 atom stereocenters. The van der Waals surface area contributed by atoms with Gasteiger partial charge in [-0.3, -0.25) is 9.69 Å². The number of hydrogen-bond donors (Lipinski definition) is 1. The first-order valence-corrected chi connectivity index (χ1v) is 8.89. The molecule has 1 fully saturated rings. The highest BCUT2D eigenvalue weighted by molar-refractivity contribution is 6.30. The average molecular weight is 363 g/mol. The van der Waals surface area contributed by atoms with E-state index < -0.39 is 0 Å². The van der Waals surface area contributed by atoms with Gasteiger partial charge in [0.15, 0.2) is 0 Å². The normalized spacial score (nSPS) is 16.1. The first kappa shape index (κ1) is 17.3. The molecule has 1 amide bonds. The van der Waals surface area contributed by atoms with Crippen LogP contribution in [0.25, 0.3) is 0 Å². The number of nitrogens with zero attached hydrogens (tertiary/aromatic N) is 1. The predicted molar refractivity (Wildman–Crippen MR) is 99.5 cm³/mol. The van der Waals surface area contributed by atoms with E-state index in [0.717, 1.165) is 43.2 Å². The first-order valence-electron chi connectivity index (χ1n) is 8.13. The number of carbonyl (C=O) groups excluding carboxylic acids is 1. The predicted octanol–water partition coefficient (Wildman–Crippen LogP) is 4.84. The highest BCUT2D eigenvalue weighted by Crippen LogP contribution is 2.22. The van der Waals surface area contributed by atoms with Gasteiger partial charge in [0, 0.05) is 28.2 Å². The van der Waals surface area contributed by atoms with Crippen LogP contribution in [-0.2, 0) is 11.3 Å². The summed E-state index contributed by atoms with van der Waals surface area (Å²) in [6.07, 6.45) is 1.76. The van der Waals surface area contributed by atoms with E-state index in [0.29, 0.717) is 5.02 Å². The Morgan fingerprint density at radius 3 is 2.08 bits per heavy atom. The Bertz CT molecular complexity index is 678. The summed E-state index contributed by atoms with van der Waals surface area (Å²) in [5, 5.41) is 4.41. The van der Waals surface area contributed by atoms with Gasteiger partial charge in [0.25, 0.3) is 0 Å². The van der Waals surface area contributed by atoms with Crippen molar-refractivity contribution >= 4 is 34.8 Å². The Morgan fingerprint density at radius 1 is 0.958 bits per heavy atom. The fraction of sp³-hybridized carbons (Fsp3) is 0.316. The smallest absolute Gasteiger partial charge is 0.227 e. The molecular formula is C19H20Cl2N2O. The SMILES string of the molecule is O=C(Nc1ccc(Cl)cc1)C1CCN(Cc2ccc(Cl)cc2)CC1. The van der Waals surface area contributed by atoms with Crippen LogP contribution in [0.4, 0.5) is 5.69 Å². The molecule has 24 heavy (non-hydrogen) atoms. The van der Waals surface area contributed by atoms with Gasteiger partial charge in [-0.2, -0.15) is 0 Å². The van der Waals surface area contributed by atoms with Crippen molar-refractivity contribution in [2.75, 3.05) is 18.4 Å². The third-order valence-corrected chi connectivity index (χ3v) is 4.89. The van der Waals surface area contributed by atoms with Crippen LogP contribution in [0.15, 0.2) is 48.5 Å². The summed E-state index contributed by atoms with van der Waals surface area (Å²) in [5.41, 5.74) is 2.05. The molecule has 1 saturated heterocycles. The number of hydrogen-bond acceptors (Lipinski definition) is 2. The highest BCUT2D eigenvalue weighted by Gasteiger charge is 2.25. The summed E-state index contributed by atoms with van der Waals surface area (Å²) >= 11 is 11.8. The van der Waals surface area contributed by atoms with Crippen molar-refractivity contribution in [3.8, 4) is 0 Å². The molecule has 5 heteroatoms. The van der Waals surface area contributed by atoms with Crippen LogP contribution in [0.3, 0.4) is 0 Å². The Balaban J connectivity index is 1.48. The zero-order chi connectivity index (χ0) is 16.9. The topological polar surface area (TPSA) is 32.3 Å². The van der Waals surface area contributed by atoms with Crippen LogP contribution < -0.4 is 5.32 Å². The summed E-state index contributed by atoms with van der Waals surface area (Å²) in [7, 11) is 0. The number of carbonyl (C=O) groups is 1. The van der Waals surface area contributed by atoms with Crippen LogP contribution in [0, 0.1) is 5.92 Å². The third-order valence-electron chi connectivity index (χ3n) is 4.39. The zero-order valence-corrected chi connectivity index (χ0v) is 14.9. The van der Waals surface area contributed by atoms with E-state index in [-0.39, 0.29) is 11.8 Å². The molecule has 0 aromatic heterocycles. The number of benzene rings is 2. The van der Waals surface area contributed by atoms with Crippen molar-refractivity contribution in [2.45, 2.75) is 19.4 Å². The summed E-state index contributed by atoms with van der Waals surface area (Å²) < 4.78 is 0. The maximum Gasteiger partial charge on any atom is 0.227 e. The fourth-order valence-corrected chi connectivity index (χ4v) is 3.23. The fourth-order valence-electron chi connectivity index (χ4n) is 2.98. The molecule has 0 unspecified atom stereocenters. The van der Waals surface area contributed by atoms with Crippen molar-refractivity contribution in [1.82, 2.24) is 4.90 Å². The van der Waals surface area contributed by atoms with Gasteiger partial charge in [-0.15, -0.1) is 0 Å². The third kappa shape index (κ3) is 4.73. The minimum Gasteiger partial charge on any atom is -0.326 e. The molecule has 0 bridgehead atoms. The van der Waals surface area contributed by atoms with E-state index in [1.807, 2.05) is 24.3 Å². The number of likely N-dealkylation sites (tertiary alicyclic amines) is 1. The summed E-state index contributed by atoms with van der Waals surface area (Å²) in [4.78, 5) is 14.8. The molecule has 2 aromatic carbocycles. The van der Waals surface area contributed by atoms with Crippen molar-refractivity contribution < 1.29 is 4.79 Å². The lowest BCUT2D eigenvalue weighted by Gasteiger charge is -2.31. The summed E-state index contributed by atoms with van der Waals surface area (Å²) in [5.74, 6) is 0.172. The number of amides is 1. The Hall–Kier alpha value is -1.55. The van der Waals surface area contributed by atoms with Gasteiger partial charge in [0.2, 0.25) is 5.91 Å². The standard InChI is InChI=1S/C19H20Cl2N2O/c20-16-3-1-14(2-4-16)13-23-11-9-15(10-12-23)19(24)22-18-7-5-17(21)6-8-18/h1-8,15H,9-13H2,(H,22,24). The number of halogens is 2. The van der Waals surface area contributed by atoms with Crippen LogP contribution >= 0.6 is 23.2 Å². The minimum absolute atomic E-state index is 0.0714. The molecule has 0 saturated carbocycles. The number of nitrogens with one attached hydrogen (secondary N) is 1. The minimum atomic E-state index is 0.0714. The monoisotopic (exact) mass is 362 g/mol. The second kappa shape index (κ2) is 8.02. The van der Waals surface area contributed by atoms with Gasteiger partial charge in [0.05, 0.1) is 0 Å². The Morgan fingerprint density at radius 2 is 1.50 bits per heavy atom. The van der Waals surface area contributed by atoms with Crippen molar-refractivity contribution in [1.29, 1.82) is 0 Å². The quantitative estimate of drug-likeness (QED) is 0.843.